The van der Waals surface area contributed by atoms with Crippen LogP contribution in [0.2, 0.25) is 0 Å². The standard InChI is InChI=1S/C9H12.C2H6/c1-4-6-8-9(3)7-5-2;1-2/h4-8H,1-2H2,3H3;1-2H3/b8-6-,9-7-;. The highest BCUT2D eigenvalue weighted by Crippen LogP contribution is 1.93. The van der Waals surface area contributed by atoms with E-state index in [2.05, 4.69) is 13.2 Å². The minimum Gasteiger partial charge on any atom is -0.0991 e. The molecule has 0 fully saturated rings. The molecule has 0 atom stereocenters. The summed E-state index contributed by atoms with van der Waals surface area (Å²) in [5.41, 5.74) is 1.19. The van der Waals surface area contributed by atoms with Crippen molar-refractivity contribution >= 4 is 0 Å². The summed E-state index contributed by atoms with van der Waals surface area (Å²) >= 11 is 0. The monoisotopic (exact) mass is 150 g/mol. The van der Waals surface area contributed by atoms with Crippen LogP contribution >= 0.6 is 0 Å². The fraction of sp³-hybridized carbons (Fsp3) is 0.273. The Morgan fingerprint density at radius 1 is 1.09 bits per heavy atom. The Hall–Kier alpha value is -1.04. The van der Waals surface area contributed by atoms with Crippen molar-refractivity contribution in [1.82, 2.24) is 0 Å². The first-order valence-corrected chi connectivity index (χ1v) is 3.89. The maximum Gasteiger partial charge on any atom is -0.0398 e. The van der Waals surface area contributed by atoms with Gasteiger partial charge in [-0.15, -0.1) is 0 Å². The summed E-state index contributed by atoms with van der Waals surface area (Å²) in [4.78, 5) is 0. The molecule has 0 unspecified atom stereocenters. The molecule has 0 heteroatoms. The Morgan fingerprint density at radius 3 is 2.00 bits per heavy atom. The predicted octanol–water partition coefficient (Wildman–Crippen LogP) is 3.89. The van der Waals surface area contributed by atoms with E-state index in [1.54, 1.807) is 12.2 Å². The lowest BCUT2D eigenvalue weighted by Gasteiger charge is -1.83. The lowest BCUT2D eigenvalue weighted by atomic mass is 10.2. The van der Waals surface area contributed by atoms with Crippen LogP contribution in [0, 0.1) is 0 Å². The van der Waals surface area contributed by atoms with Crippen LogP contribution in [0.3, 0.4) is 0 Å². The van der Waals surface area contributed by atoms with Gasteiger partial charge in [0.2, 0.25) is 0 Å². The average Bonchev–Trinajstić information content (AvgIpc) is 2.05. The second kappa shape index (κ2) is 11.7. The highest BCUT2D eigenvalue weighted by molar-refractivity contribution is 5.22. The molecule has 0 aliphatic heterocycles. The van der Waals surface area contributed by atoms with E-state index in [4.69, 9.17) is 0 Å². The molecule has 0 nitrogen and oxygen atoms in total. The van der Waals surface area contributed by atoms with Crippen LogP contribution < -0.4 is 0 Å². The summed E-state index contributed by atoms with van der Waals surface area (Å²) in [7, 11) is 0. The van der Waals surface area contributed by atoms with E-state index >= 15 is 0 Å². The summed E-state index contributed by atoms with van der Waals surface area (Å²) in [6.07, 6.45) is 9.34. The van der Waals surface area contributed by atoms with Crippen molar-refractivity contribution in [3.8, 4) is 0 Å². The van der Waals surface area contributed by atoms with Crippen molar-refractivity contribution < 1.29 is 0 Å². The third kappa shape index (κ3) is 12.2. The van der Waals surface area contributed by atoms with Gasteiger partial charge in [-0.25, -0.2) is 0 Å². The fourth-order valence-corrected chi connectivity index (χ4v) is 0.461. The van der Waals surface area contributed by atoms with E-state index in [-0.39, 0.29) is 0 Å². The predicted molar refractivity (Wildman–Crippen MR) is 54.6 cm³/mol. The van der Waals surface area contributed by atoms with Gasteiger partial charge in [0, 0.05) is 0 Å². The molecule has 0 bridgehead atoms. The van der Waals surface area contributed by atoms with Crippen LogP contribution in [0.4, 0.5) is 0 Å². The number of hydrogen-bond acceptors (Lipinski definition) is 0. The van der Waals surface area contributed by atoms with E-state index in [1.165, 1.54) is 5.57 Å². The Kier molecular flexibility index (Phi) is 13.4. The molecule has 0 heterocycles. The molecule has 0 N–H and O–H groups in total. The first-order chi connectivity index (χ1) is 5.31. The molecule has 62 valence electrons. The Morgan fingerprint density at radius 2 is 1.64 bits per heavy atom. The minimum absolute atomic E-state index is 1.19. The van der Waals surface area contributed by atoms with E-state index in [1.807, 2.05) is 39.0 Å². The van der Waals surface area contributed by atoms with Gasteiger partial charge < -0.3 is 0 Å². The molecular weight excluding hydrogens is 132 g/mol. The molecule has 0 amide bonds. The van der Waals surface area contributed by atoms with Crippen molar-refractivity contribution in [3.63, 3.8) is 0 Å². The summed E-state index contributed by atoms with van der Waals surface area (Å²) in [5, 5.41) is 0. The van der Waals surface area contributed by atoms with Gasteiger partial charge in [-0.05, 0) is 6.92 Å². The Bertz CT molecular complexity index is 147. The molecule has 0 radical (unpaired) electrons. The molecule has 0 aliphatic carbocycles. The molecule has 0 aliphatic rings. The van der Waals surface area contributed by atoms with Gasteiger partial charge in [-0.3, -0.25) is 0 Å². The topological polar surface area (TPSA) is 0 Å². The van der Waals surface area contributed by atoms with Crippen LogP contribution in [-0.4, -0.2) is 0 Å². The van der Waals surface area contributed by atoms with Crippen LogP contribution in [0.25, 0.3) is 0 Å². The summed E-state index contributed by atoms with van der Waals surface area (Å²) in [5.74, 6) is 0. The van der Waals surface area contributed by atoms with E-state index in [0.29, 0.717) is 0 Å². The zero-order valence-electron chi connectivity index (χ0n) is 7.80. The number of allylic oxidation sites excluding steroid dienone is 6. The van der Waals surface area contributed by atoms with Crippen molar-refractivity contribution in [1.29, 1.82) is 0 Å². The van der Waals surface area contributed by atoms with Crippen LogP contribution in [0.1, 0.15) is 20.8 Å². The molecule has 11 heavy (non-hydrogen) atoms. The van der Waals surface area contributed by atoms with Gasteiger partial charge in [0.1, 0.15) is 0 Å². The number of hydrogen-bond donors (Lipinski definition) is 0. The van der Waals surface area contributed by atoms with Crippen LogP contribution in [-0.2, 0) is 0 Å². The largest absolute Gasteiger partial charge is 0.0991 e. The van der Waals surface area contributed by atoms with Crippen molar-refractivity contribution in [2.75, 3.05) is 0 Å². The van der Waals surface area contributed by atoms with Crippen LogP contribution in [0.5, 0.6) is 0 Å². The maximum absolute atomic E-state index is 3.57. The smallest absolute Gasteiger partial charge is 0.0398 e. The lowest BCUT2D eigenvalue weighted by Crippen LogP contribution is -1.62. The van der Waals surface area contributed by atoms with Gasteiger partial charge in [0.05, 0.1) is 0 Å². The zero-order valence-corrected chi connectivity index (χ0v) is 7.80. The second-order valence-corrected chi connectivity index (χ2v) is 1.74. The first-order valence-electron chi connectivity index (χ1n) is 3.89. The minimum atomic E-state index is 1.19. The summed E-state index contributed by atoms with van der Waals surface area (Å²) < 4.78 is 0. The zero-order chi connectivity index (χ0) is 9.11. The maximum atomic E-state index is 3.57. The molecule has 0 saturated heterocycles. The van der Waals surface area contributed by atoms with E-state index < -0.39 is 0 Å². The summed E-state index contributed by atoms with van der Waals surface area (Å²) in [6, 6.07) is 0. The highest BCUT2D eigenvalue weighted by atomic mass is 13.8. The van der Waals surface area contributed by atoms with Crippen molar-refractivity contribution in [2.45, 2.75) is 20.8 Å². The quantitative estimate of drug-likeness (QED) is 0.535. The highest BCUT2D eigenvalue weighted by Gasteiger charge is 1.72. The fourth-order valence-electron chi connectivity index (χ4n) is 0.461. The lowest BCUT2D eigenvalue weighted by molar-refractivity contribution is 1.50. The molecule has 0 spiro atoms. The van der Waals surface area contributed by atoms with Crippen molar-refractivity contribution in [2.24, 2.45) is 0 Å². The number of rotatable bonds is 3. The second-order valence-electron chi connectivity index (χ2n) is 1.74. The van der Waals surface area contributed by atoms with Gasteiger partial charge in [0.15, 0.2) is 0 Å². The van der Waals surface area contributed by atoms with Crippen molar-refractivity contribution in [3.05, 3.63) is 49.1 Å². The molecule has 0 aromatic heterocycles. The SMILES string of the molecule is C=C/C=C\C(C)=C/C=C.CC. The van der Waals surface area contributed by atoms with Crippen LogP contribution in [0.15, 0.2) is 49.1 Å². The molecule has 0 aromatic carbocycles. The normalized spacial score (nSPS) is 10.3. The van der Waals surface area contributed by atoms with E-state index in [0.717, 1.165) is 0 Å². The summed E-state index contributed by atoms with van der Waals surface area (Å²) in [6.45, 7) is 13.1. The van der Waals surface area contributed by atoms with E-state index in [9.17, 15) is 0 Å². The third-order valence-corrected chi connectivity index (χ3v) is 0.876. The first kappa shape index (κ1) is 12.6. The van der Waals surface area contributed by atoms with Gasteiger partial charge in [-0.2, -0.15) is 0 Å². The third-order valence-electron chi connectivity index (χ3n) is 0.876. The van der Waals surface area contributed by atoms with Gasteiger partial charge in [-0.1, -0.05) is 63.0 Å². The average molecular weight is 150 g/mol. The molecular formula is C11H18. The molecule has 0 aromatic rings. The Labute approximate surface area is 70.6 Å². The van der Waals surface area contributed by atoms with Gasteiger partial charge in [0.25, 0.3) is 0 Å². The van der Waals surface area contributed by atoms with Gasteiger partial charge >= 0.3 is 0 Å². The molecule has 0 rings (SSSR count). The Balaban J connectivity index is 0. The molecule has 0 saturated carbocycles.